The number of hydrogen-bond acceptors (Lipinski definition) is 3. The van der Waals surface area contributed by atoms with Crippen LogP contribution in [0.15, 0.2) is 0 Å². The Kier molecular flexibility index (Phi) is 6.23. The first-order valence-electron chi connectivity index (χ1n) is 6.41. The Hall–Kier alpha value is -0.320. The van der Waals surface area contributed by atoms with Crippen LogP contribution in [0.3, 0.4) is 0 Å². The van der Waals surface area contributed by atoms with Crippen molar-refractivity contribution < 1.29 is 9.53 Å². The maximum absolute atomic E-state index is 12.3. The van der Waals surface area contributed by atoms with E-state index in [1.54, 1.807) is 0 Å². The molecule has 0 spiro atoms. The minimum Gasteiger partial charge on any atom is -0.381 e. The standard InChI is InChI=1S/C12H22N2O2.ClH/c13-8-11-5-1-2-6-14(11)12(15)10-4-3-7-16-9-10;/h10-11H,1-9,13H2;1H. The third kappa shape index (κ3) is 3.57. The molecule has 5 heteroatoms. The van der Waals surface area contributed by atoms with Crippen LogP contribution in [0.2, 0.25) is 0 Å². The van der Waals surface area contributed by atoms with Gasteiger partial charge in [0.1, 0.15) is 0 Å². The molecule has 0 aromatic heterocycles. The van der Waals surface area contributed by atoms with Crippen LogP contribution < -0.4 is 5.73 Å². The average molecular weight is 263 g/mol. The molecule has 2 saturated heterocycles. The first kappa shape index (κ1) is 14.7. The summed E-state index contributed by atoms with van der Waals surface area (Å²) in [6.45, 7) is 2.90. The molecule has 0 bridgehead atoms. The molecule has 0 aromatic carbocycles. The summed E-state index contributed by atoms with van der Waals surface area (Å²) < 4.78 is 5.38. The van der Waals surface area contributed by atoms with Gasteiger partial charge >= 0.3 is 0 Å². The fourth-order valence-corrected chi connectivity index (χ4v) is 2.71. The number of ether oxygens (including phenoxy) is 1. The van der Waals surface area contributed by atoms with Crippen molar-refractivity contribution in [3.63, 3.8) is 0 Å². The zero-order valence-electron chi connectivity index (χ0n) is 10.3. The lowest BCUT2D eigenvalue weighted by molar-refractivity contribution is -0.143. The van der Waals surface area contributed by atoms with Crippen LogP contribution in [0.25, 0.3) is 0 Å². The predicted molar refractivity (Wildman–Crippen MR) is 69.2 cm³/mol. The summed E-state index contributed by atoms with van der Waals surface area (Å²) in [5, 5.41) is 0. The van der Waals surface area contributed by atoms with E-state index >= 15 is 0 Å². The second-order valence-electron chi connectivity index (χ2n) is 4.83. The molecule has 1 amide bonds. The molecule has 2 atom stereocenters. The molecule has 2 rings (SSSR count). The summed E-state index contributed by atoms with van der Waals surface area (Å²) in [5.74, 6) is 0.357. The Labute approximate surface area is 109 Å². The van der Waals surface area contributed by atoms with Crippen LogP contribution in [-0.4, -0.2) is 43.2 Å². The Morgan fingerprint density at radius 1 is 1.29 bits per heavy atom. The molecule has 0 radical (unpaired) electrons. The lowest BCUT2D eigenvalue weighted by Gasteiger charge is -2.38. The minimum absolute atomic E-state index is 0. The molecule has 2 fully saturated rings. The van der Waals surface area contributed by atoms with E-state index in [1.807, 2.05) is 4.90 Å². The molecule has 100 valence electrons. The molecule has 4 nitrogen and oxygen atoms in total. The number of nitrogens with zero attached hydrogens (tertiary/aromatic N) is 1. The average Bonchev–Trinajstić information content (AvgIpc) is 2.39. The Morgan fingerprint density at radius 2 is 2.12 bits per heavy atom. The van der Waals surface area contributed by atoms with Gasteiger partial charge in [0.25, 0.3) is 0 Å². The van der Waals surface area contributed by atoms with Crippen molar-refractivity contribution in [3.8, 4) is 0 Å². The zero-order valence-corrected chi connectivity index (χ0v) is 11.1. The van der Waals surface area contributed by atoms with Crippen LogP contribution >= 0.6 is 12.4 Å². The quantitative estimate of drug-likeness (QED) is 0.813. The number of hydrogen-bond donors (Lipinski definition) is 1. The molecule has 17 heavy (non-hydrogen) atoms. The van der Waals surface area contributed by atoms with Crippen molar-refractivity contribution in [3.05, 3.63) is 0 Å². The molecule has 2 N–H and O–H groups in total. The van der Waals surface area contributed by atoms with E-state index in [4.69, 9.17) is 10.5 Å². The number of nitrogens with two attached hydrogens (primary N) is 1. The van der Waals surface area contributed by atoms with Crippen LogP contribution in [0.1, 0.15) is 32.1 Å². The number of carbonyl (C=O) groups is 1. The molecule has 0 saturated carbocycles. The second kappa shape index (κ2) is 7.19. The molecular formula is C12H23ClN2O2. The number of rotatable bonds is 2. The van der Waals surface area contributed by atoms with E-state index in [1.165, 1.54) is 6.42 Å². The van der Waals surface area contributed by atoms with Gasteiger partial charge in [-0.05, 0) is 32.1 Å². The molecule has 2 aliphatic rings. The second-order valence-corrected chi connectivity index (χ2v) is 4.83. The highest BCUT2D eigenvalue weighted by Crippen LogP contribution is 2.22. The van der Waals surface area contributed by atoms with Gasteiger partial charge in [-0.2, -0.15) is 0 Å². The number of piperidine rings is 1. The van der Waals surface area contributed by atoms with Gasteiger partial charge in [0.05, 0.1) is 12.5 Å². The zero-order chi connectivity index (χ0) is 11.4. The van der Waals surface area contributed by atoms with Gasteiger partial charge in [-0.1, -0.05) is 0 Å². The highest BCUT2D eigenvalue weighted by atomic mass is 35.5. The predicted octanol–water partition coefficient (Wildman–Crippen LogP) is 1.17. The largest absolute Gasteiger partial charge is 0.381 e. The van der Waals surface area contributed by atoms with Crippen molar-refractivity contribution in [2.75, 3.05) is 26.3 Å². The summed E-state index contributed by atoms with van der Waals surface area (Å²) in [5.41, 5.74) is 5.74. The Morgan fingerprint density at radius 3 is 2.76 bits per heavy atom. The van der Waals surface area contributed by atoms with E-state index < -0.39 is 0 Å². The van der Waals surface area contributed by atoms with Crippen molar-refractivity contribution in [2.24, 2.45) is 11.7 Å². The van der Waals surface area contributed by atoms with E-state index in [0.717, 1.165) is 38.8 Å². The molecule has 2 unspecified atom stereocenters. The van der Waals surface area contributed by atoms with Gasteiger partial charge in [-0.25, -0.2) is 0 Å². The molecule has 2 aliphatic heterocycles. The van der Waals surface area contributed by atoms with E-state index in [0.29, 0.717) is 13.2 Å². The SMILES string of the molecule is Cl.NCC1CCCCN1C(=O)C1CCCOC1. The Bertz CT molecular complexity index is 245. The fraction of sp³-hybridized carbons (Fsp3) is 0.917. The maximum Gasteiger partial charge on any atom is 0.228 e. The maximum atomic E-state index is 12.3. The van der Waals surface area contributed by atoms with Crippen molar-refractivity contribution in [2.45, 2.75) is 38.1 Å². The van der Waals surface area contributed by atoms with E-state index in [2.05, 4.69) is 0 Å². The van der Waals surface area contributed by atoms with Crippen molar-refractivity contribution >= 4 is 18.3 Å². The van der Waals surface area contributed by atoms with Crippen molar-refractivity contribution in [1.82, 2.24) is 4.90 Å². The van der Waals surface area contributed by atoms with Gasteiger partial charge in [0.2, 0.25) is 5.91 Å². The fourth-order valence-electron chi connectivity index (χ4n) is 2.71. The Balaban J connectivity index is 0.00000144. The van der Waals surface area contributed by atoms with Crippen LogP contribution in [0, 0.1) is 5.92 Å². The van der Waals surface area contributed by atoms with Gasteiger partial charge in [-0.15, -0.1) is 12.4 Å². The third-order valence-electron chi connectivity index (χ3n) is 3.69. The molecule has 0 aliphatic carbocycles. The number of halogens is 1. The minimum atomic E-state index is 0. The van der Waals surface area contributed by atoms with E-state index in [-0.39, 0.29) is 30.3 Å². The summed E-state index contributed by atoms with van der Waals surface area (Å²) in [6.07, 6.45) is 5.38. The summed E-state index contributed by atoms with van der Waals surface area (Å²) in [6, 6.07) is 0.267. The van der Waals surface area contributed by atoms with Gasteiger partial charge < -0.3 is 15.4 Å². The van der Waals surface area contributed by atoms with Gasteiger partial charge in [0.15, 0.2) is 0 Å². The van der Waals surface area contributed by atoms with E-state index in [9.17, 15) is 4.79 Å². The van der Waals surface area contributed by atoms with Gasteiger partial charge in [-0.3, -0.25) is 4.79 Å². The molecular weight excluding hydrogens is 240 g/mol. The van der Waals surface area contributed by atoms with Crippen LogP contribution in [0.4, 0.5) is 0 Å². The summed E-state index contributed by atoms with van der Waals surface area (Å²) >= 11 is 0. The molecule has 2 heterocycles. The topological polar surface area (TPSA) is 55.6 Å². The monoisotopic (exact) mass is 262 g/mol. The van der Waals surface area contributed by atoms with Gasteiger partial charge in [0, 0.05) is 25.7 Å². The first-order valence-corrected chi connectivity index (χ1v) is 6.41. The summed E-state index contributed by atoms with van der Waals surface area (Å²) in [4.78, 5) is 14.3. The molecule has 0 aromatic rings. The van der Waals surface area contributed by atoms with Crippen molar-refractivity contribution in [1.29, 1.82) is 0 Å². The van der Waals surface area contributed by atoms with Crippen LogP contribution in [-0.2, 0) is 9.53 Å². The first-order chi connectivity index (χ1) is 7.83. The lowest BCUT2D eigenvalue weighted by Crippen LogP contribution is -2.50. The number of carbonyl (C=O) groups excluding carboxylic acids is 1. The number of likely N-dealkylation sites (tertiary alicyclic amines) is 1. The highest BCUT2D eigenvalue weighted by molar-refractivity contribution is 5.85. The number of amides is 1. The third-order valence-corrected chi connectivity index (χ3v) is 3.69. The van der Waals surface area contributed by atoms with Crippen LogP contribution in [0.5, 0.6) is 0 Å². The lowest BCUT2D eigenvalue weighted by atomic mass is 9.96. The summed E-state index contributed by atoms with van der Waals surface area (Å²) in [7, 11) is 0. The highest BCUT2D eigenvalue weighted by Gasteiger charge is 2.31. The normalized spacial score (nSPS) is 29.6. The smallest absolute Gasteiger partial charge is 0.228 e.